The number of hydrogen-bond donors (Lipinski definition) is 1. The van der Waals surface area contributed by atoms with Crippen molar-refractivity contribution < 1.29 is 8.42 Å². The van der Waals surface area contributed by atoms with E-state index in [-0.39, 0.29) is 4.90 Å². The van der Waals surface area contributed by atoms with Crippen LogP contribution in [0.25, 0.3) is 0 Å². The van der Waals surface area contributed by atoms with Crippen molar-refractivity contribution in [3.63, 3.8) is 0 Å². The molecule has 0 saturated heterocycles. The third-order valence-corrected chi connectivity index (χ3v) is 4.72. The standard InChI is InChI=1S/C14H16BrN3O2S/c1-10-4-5-12(7-14(10)18(2)3)17-21(19,20)13-6-11(15)8-16-9-13/h4-9,17H,1-3H3. The average Bonchev–Trinajstić information content (AvgIpc) is 2.40. The van der Waals surface area contributed by atoms with E-state index in [4.69, 9.17) is 0 Å². The topological polar surface area (TPSA) is 62.3 Å². The maximum atomic E-state index is 12.3. The zero-order chi connectivity index (χ0) is 15.6. The van der Waals surface area contributed by atoms with Gasteiger partial charge in [0.05, 0.1) is 5.69 Å². The van der Waals surface area contributed by atoms with Gasteiger partial charge in [-0.1, -0.05) is 6.07 Å². The van der Waals surface area contributed by atoms with Gasteiger partial charge in [0.2, 0.25) is 0 Å². The quantitative estimate of drug-likeness (QED) is 0.899. The first-order chi connectivity index (χ1) is 9.79. The summed E-state index contributed by atoms with van der Waals surface area (Å²) in [5.74, 6) is 0. The molecule has 7 heteroatoms. The largest absolute Gasteiger partial charge is 0.377 e. The molecule has 1 N–H and O–H groups in total. The number of nitrogens with one attached hydrogen (secondary N) is 1. The molecule has 5 nitrogen and oxygen atoms in total. The van der Waals surface area contributed by atoms with Crippen molar-refractivity contribution in [2.45, 2.75) is 11.8 Å². The lowest BCUT2D eigenvalue weighted by atomic mass is 10.2. The van der Waals surface area contributed by atoms with Gasteiger partial charge in [0.25, 0.3) is 10.0 Å². The SMILES string of the molecule is Cc1ccc(NS(=O)(=O)c2cncc(Br)c2)cc1N(C)C. The fraction of sp³-hybridized carbons (Fsp3) is 0.214. The fourth-order valence-electron chi connectivity index (χ4n) is 1.91. The van der Waals surface area contributed by atoms with Crippen LogP contribution < -0.4 is 9.62 Å². The monoisotopic (exact) mass is 369 g/mol. The molecule has 0 spiro atoms. The van der Waals surface area contributed by atoms with E-state index in [0.29, 0.717) is 10.2 Å². The molecule has 0 aliphatic heterocycles. The summed E-state index contributed by atoms with van der Waals surface area (Å²) in [4.78, 5) is 5.93. The highest BCUT2D eigenvalue weighted by Gasteiger charge is 2.15. The molecule has 1 aromatic carbocycles. The highest BCUT2D eigenvalue weighted by molar-refractivity contribution is 9.10. The Bertz CT molecular complexity index is 761. The van der Waals surface area contributed by atoms with Gasteiger partial charge in [-0.05, 0) is 46.6 Å². The van der Waals surface area contributed by atoms with Crippen LogP contribution in [0.15, 0.2) is 46.0 Å². The Labute approximate surface area is 133 Å². The lowest BCUT2D eigenvalue weighted by molar-refractivity contribution is 0.600. The Kier molecular flexibility index (Phi) is 4.53. The molecule has 1 aromatic heterocycles. The van der Waals surface area contributed by atoms with Crippen LogP contribution in [0.2, 0.25) is 0 Å². The molecule has 21 heavy (non-hydrogen) atoms. The van der Waals surface area contributed by atoms with Gasteiger partial charge in [-0.3, -0.25) is 9.71 Å². The Morgan fingerprint density at radius 1 is 1.19 bits per heavy atom. The number of aromatic nitrogens is 1. The first-order valence-electron chi connectivity index (χ1n) is 6.21. The summed E-state index contributed by atoms with van der Waals surface area (Å²) in [7, 11) is 0.179. The predicted molar refractivity (Wildman–Crippen MR) is 88.3 cm³/mol. The molecule has 0 bridgehead atoms. The van der Waals surface area contributed by atoms with Gasteiger partial charge in [-0.2, -0.15) is 0 Å². The molecule has 0 fully saturated rings. The molecule has 0 aliphatic carbocycles. The number of anilines is 2. The van der Waals surface area contributed by atoms with Crippen molar-refractivity contribution in [1.82, 2.24) is 4.98 Å². The van der Waals surface area contributed by atoms with Crippen LogP contribution in [0, 0.1) is 6.92 Å². The van der Waals surface area contributed by atoms with E-state index in [9.17, 15) is 8.42 Å². The minimum Gasteiger partial charge on any atom is -0.377 e. The Morgan fingerprint density at radius 3 is 2.52 bits per heavy atom. The first-order valence-corrected chi connectivity index (χ1v) is 8.48. The summed E-state index contributed by atoms with van der Waals surface area (Å²) in [6.07, 6.45) is 2.85. The second kappa shape index (κ2) is 6.03. The van der Waals surface area contributed by atoms with Crippen molar-refractivity contribution in [1.29, 1.82) is 0 Å². The van der Waals surface area contributed by atoms with E-state index < -0.39 is 10.0 Å². The van der Waals surface area contributed by atoms with Gasteiger partial charge < -0.3 is 4.90 Å². The second-order valence-corrected chi connectivity index (χ2v) is 7.44. The molecule has 112 valence electrons. The fourth-order valence-corrected chi connectivity index (χ4v) is 3.46. The molecule has 0 saturated carbocycles. The van der Waals surface area contributed by atoms with Gasteiger partial charge >= 0.3 is 0 Å². The Morgan fingerprint density at radius 2 is 1.90 bits per heavy atom. The second-order valence-electron chi connectivity index (χ2n) is 4.84. The van der Waals surface area contributed by atoms with Gasteiger partial charge in [-0.25, -0.2) is 8.42 Å². The molecule has 1 heterocycles. The maximum Gasteiger partial charge on any atom is 0.263 e. The van der Waals surface area contributed by atoms with Gasteiger partial charge in [0.15, 0.2) is 0 Å². The van der Waals surface area contributed by atoms with Crippen LogP contribution in [0.5, 0.6) is 0 Å². The molecule has 0 unspecified atom stereocenters. The van der Waals surface area contributed by atoms with Crippen molar-refractivity contribution in [3.05, 3.63) is 46.7 Å². The lowest BCUT2D eigenvalue weighted by Gasteiger charge is -2.17. The molecule has 0 amide bonds. The minimum atomic E-state index is -3.65. The molecular formula is C14H16BrN3O2S. The van der Waals surface area contributed by atoms with Crippen LogP contribution in [-0.2, 0) is 10.0 Å². The van der Waals surface area contributed by atoms with E-state index in [1.807, 2.05) is 32.0 Å². The average molecular weight is 370 g/mol. The van der Waals surface area contributed by atoms with E-state index >= 15 is 0 Å². The number of aryl methyl sites for hydroxylation is 1. The van der Waals surface area contributed by atoms with Crippen LogP contribution in [-0.4, -0.2) is 27.5 Å². The first kappa shape index (κ1) is 15.8. The summed E-state index contributed by atoms with van der Waals surface area (Å²) >= 11 is 3.22. The number of sulfonamides is 1. The van der Waals surface area contributed by atoms with Gasteiger partial charge in [0.1, 0.15) is 4.90 Å². The number of halogens is 1. The molecule has 0 radical (unpaired) electrons. The van der Waals surface area contributed by atoms with Crippen molar-refractivity contribution >= 4 is 37.3 Å². The van der Waals surface area contributed by atoms with Crippen LogP contribution in [0.4, 0.5) is 11.4 Å². The zero-order valence-corrected chi connectivity index (χ0v) is 14.4. The van der Waals surface area contributed by atoms with Gasteiger partial charge in [0, 0.05) is 36.6 Å². The third-order valence-electron chi connectivity index (χ3n) is 2.93. The number of nitrogens with zero attached hydrogens (tertiary/aromatic N) is 2. The van der Waals surface area contributed by atoms with E-state index in [1.54, 1.807) is 12.1 Å². The Balaban J connectivity index is 2.35. The smallest absolute Gasteiger partial charge is 0.263 e. The van der Waals surface area contributed by atoms with E-state index in [2.05, 4.69) is 25.6 Å². The normalized spacial score (nSPS) is 11.2. The molecule has 2 aromatic rings. The zero-order valence-electron chi connectivity index (χ0n) is 12.0. The third kappa shape index (κ3) is 3.74. The summed E-state index contributed by atoms with van der Waals surface area (Å²) in [6, 6.07) is 6.94. The summed E-state index contributed by atoms with van der Waals surface area (Å²) in [5, 5.41) is 0. The Hall–Kier alpha value is -1.60. The number of hydrogen-bond acceptors (Lipinski definition) is 4. The molecule has 0 atom stereocenters. The van der Waals surface area contributed by atoms with Gasteiger partial charge in [-0.15, -0.1) is 0 Å². The van der Waals surface area contributed by atoms with E-state index in [1.165, 1.54) is 18.5 Å². The highest BCUT2D eigenvalue weighted by Crippen LogP contribution is 2.25. The minimum absolute atomic E-state index is 0.115. The molecular weight excluding hydrogens is 354 g/mol. The van der Waals surface area contributed by atoms with E-state index in [0.717, 1.165) is 11.3 Å². The van der Waals surface area contributed by atoms with Crippen molar-refractivity contribution in [3.8, 4) is 0 Å². The number of benzene rings is 1. The lowest BCUT2D eigenvalue weighted by Crippen LogP contribution is -2.15. The molecule has 0 aliphatic rings. The predicted octanol–water partition coefficient (Wildman–Crippen LogP) is 3.02. The van der Waals surface area contributed by atoms with Crippen molar-refractivity contribution in [2.75, 3.05) is 23.7 Å². The van der Waals surface area contributed by atoms with Crippen LogP contribution in [0.1, 0.15) is 5.56 Å². The van der Waals surface area contributed by atoms with Crippen molar-refractivity contribution in [2.24, 2.45) is 0 Å². The summed E-state index contributed by atoms with van der Waals surface area (Å²) < 4.78 is 27.9. The van der Waals surface area contributed by atoms with Crippen LogP contribution in [0.3, 0.4) is 0 Å². The number of pyridine rings is 1. The summed E-state index contributed by atoms with van der Waals surface area (Å²) in [6.45, 7) is 1.98. The number of rotatable bonds is 4. The maximum absolute atomic E-state index is 12.3. The highest BCUT2D eigenvalue weighted by atomic mass is 79.9. The summed E-state index contributed by atoms with van der Waals surface area (Å²) in [5.41, 5.74) is 2.55. The van der Waals surface area contributed by atoms with Crippen LogP contribution >= 0.6 is 15.9 Å². The molecule has 2 rings (SSSR count).